The molecule has 3 nitrogen and oxygen atoms in total. The van der Waals surface area contributed by atoms with Gasteiger partial charge in [0.1, 0.15) is 6.61 Å². The number of hydrogen-bond donors (Lipinski definition) is 1. The highest BCUT2D eigenvalue weighted by Crippen LogP contribution is 2.16. The van der Waals surface area contributed by atoms with E-state index in [-0.39, 0.29) is 6.02 Å². The first kappa shape index (κ1) is 7.16. The molecule has 3 heteroatoms. The third-order valence-electron chi connectivity index (χ3n) is 1.87. The lowest BCUT2D eigenvalue weighted by atomic mass is 10.3. The van der Waals surface area contributed by atoms with Crippen molar-refractivity contribution < 1.29 is 4.74 Å². The molecule has 1 aliphatic heterocycles. The van der Waals surface area contributed by atoms with Crippen LogP contribution in [0.2, 0.25) is 0 Å². The fourth-order valence-electron chi connectivity index (χ4n) is 1.27. The second-order valence-electron chi connectivity index (χ2n) is 2.64. The zero-order valence-electron chi connectivity index (χ0n) is 6.66. The number of rotatable bonds is 1. The van der Waals surface area contributed by atoms with Crippen LogP contribution in [0.1, 0.15) is 0 Å². The van der Waals surface area contributed by atoms with Crippen LogP contribution in [0.5, 0.6) is 0 Å². The van der Waals surface area contributed by atoms with Crippen molar-refractivity contribution in [2.75, 3.05) is 18.1 Å². The maximum absolute atomic E-state index is 7.45. The number of benzene rings is 1. The SMILES string of the molecule is N=C1OCCN1c1ccccc1. The minimum absolute atomic E-state index is 0.251. The number of nitrogens with one attached hydrogen (secondary N) is 1. The van der Waals surface area contributed by atoms with Gasteiger partial charge in [-0.05, 0) is 12.1 Å². The average molecular weight is 162 g/mol. The van der Waals surface area contributed by atoms with Gasteiger partial charge in [-0.2, -0.15) is 0 Å². The van der Waals surface area contributed by atoms with E-state index in [0.717, 1.165) is 12.2 Å². The Morgan fingerprint density at radius 2 is 2.00 bits per heavy atom. The molecule has 0 unspecified atom stereocenters. The Labute approximate surface area is 71.1 Å². The van der Waals surface area contributed by atoms with Crippen LogP contribution in [0.15, 0.2) is 30.3 Å². The van der Waals surface area contributed by atoms with Gasteiger partial charge in [0.15, 0.2) is 0 Å². The van der Waals surface area contributed by atoms with Crippen LogP contribution >= 0.6 is 0 Å². The molecule has 0 aromatic heterocycles. The Bertz CT molecular complexity index is 284. The molecule has 12 heavy (non-hydrogen) atoms. The second-order valence-corrected chi connectivity index (χ2v) is 2.64. The minimum Gasteiger partial charge on any atom is -0.463 e. The van der Waals surface area contributed by atoms with Crippen LogP contribution in [-0.4, -0.2) is 19.2 Å². The highest BCUT2D eigenvalue weighted by molar-refractivity contribution is 5.90. The van der Waals surface area contributed by atoms with Crippen LogP contribution in [0.25, 0.3) is 0 Å². The average Bonchev–Trinajstić information content (AvgIpc) is 2.53. The molecule has 0 bridgehead atoms. The van der Waals surface area contributed by atoms with Gasteiger partial charge in [-0.25, -0.2) is 0 Å². The zero-order valence-corrected chi connectivity index (χ0v) is 6.66. The third kappa shape index (κ3) is 1.13. The summed E-state index contributed by atoms with van der Waals surface area (Å²) in [5, 5.41) is 7.45. The summed E-state index contributed by atoms with van der Waals surface area (Å²) in [7, 11) is 0. The Kier molecular flexibility index (Phi) is 1.70. The van der Waals surface area contributed by atoms with E-state index in [4.69, 9.17) is 10.1 Å². The number of ether oxygens (including phenoxy) is 1. The fraction of sp³-hybridized carbons (Fsp3) is 0.222. The molecule has 1 aromatic rings. The maximum atomic E-state index is 7.45. The van der Waals surface area contributed by atoms with Gasteiger partial charge in [-0.1, -0.05) is 18.2 Å². The van der Waals surface area contributed by atoms with E-state index in [1.807, 2.05) is 35.2 Å². The third-order valence-corrected chi connectivity index (χ3v) is 1.87. The molecule has 0 amide bonds. The lowest BCUT2D eigenvalue weighted by molar-refractivity contribution is 0.350. The van der Waals surface area contributed by atoms with E-state index in [0.29, 0.717) is 6.61 Å². The van der Waals surface area contributed by atoms with E-state index >= 15 is 0 Å². The molecule has 62 valence electrons. The molecule has 1 N–H and O–H groups in total. The van der Waals surface area contributed by atoms with Crippen molar-refractivity contribution in [1.29, 1.82) is 5.41 Å². The quantitative estimate of drug-likeness (QED) is 0.678. The molecule has 0 radical (unpaired) electrons. The first-order valence-corrected chi connectivity index (χ1v) is 3.92. The van der Waals surface area contributed by atoms with E-state index in [2.05, 4.69) is 0 Å². The Morgan fingerprint density at radius 1 is 1.25 bits per heavy atom. The fourth-order valence-corrected chi connectivity index (χ4v) is 1.27. The molecule has 0 aliphatic carbocycles. The highest BCUT2D eigenvalue weighted by Gasteiger charge is 2.19. The summed E-state index contributed by atoms with van der Waals surface area (Å²) in [5.74, 6) is 0. The molecule has 2 rings (SSSR count). The summed E-state index contributed by atoms with van der Waals surface area (Å²) in [5.41, 5.74) is 1.03. The maximum Gasteiger partial charge on any atom is 0.289 e. The molecular formula is C9H10N2O. The molecule has 1 saturated heterocycles. The van der Waals surface area contributed by atoms with Crippen LogP contribution < -0.4 is 4.90 Å². The summed E-state index contributed by atoms with van der Waals surface area (Å²) < 4.78 is 5.03. The summed E-state index contributed by atoms with van der Waals surface area (Å²) in [6.45, 7) is 1.40. The van der Waals surface area contributed by atoms with Crippen LogP contribution in [-0.2, 0) is 4.74 Å². The molecule has 1 heterocycles. The minimum atomic E-state index is 0.251. The Hall–Kier alpha value is -1.51. The lowest BCUT2D eigenvalue weighted by Gasteiger charge is -2.13. The van der Waals surface area contributed by atoms with Gasteiger partial charge in [0, 0.05) is 5.69 Å². The molecule has 1 fully saturated rings. The first-order valence-electron chi connectivity index (χ1n) is 3.92. The van der Waals surface area contributed by atoms with Gasteiger partial charge in [0.05, 0.1) is 6.54 Å². The normalized spacial score (nSPS) is 16.3. The van der Waals surface area contributed by atoms with Crippen molar-refractivity contribution in [3.05, 3.63) is 30.3 Å². The largest absolute Gasteiger partial charge is 0.463 e. The summed E-state index contributed by atoms with van der Waals surface area (Å²) in [4.78, 5) is 1.85. The van der Waals surface area contributed by atoms with Gasteiger partial charge in [-0.3, -0.25) is 10.3 Å². The van der Waals surface area contributed by atoms with Crippen molar-refractivity contribution in [2.45, 2.75) is 0 Å². The number of hydrogen-bond acceptors (Lipinski definition) is 2. The van der Waals surface area contributed by atoms with Crippen molar-refractivity contribution >= 4 is 11.7 Å². The van der Waals surface area contributed by atoms with E-state index in [1.54, 1.807) is 0 Å². The van der Waals surface area contributed by atoms with Crippen LogP contribution in [0, 0.1) is 5.41 Å². The number of amidine groups is 1. The lowest BCUT2D eigenvalue weighted by Crippen LogP contribution is -2.23. The standard InChI is InChI=1S/C9H10N2O/c10-9-11(6-7-12-9)8-4-2-1-3-5-8/h1-5,10H,6-7H2. The summed E-state index contributed by atoms with van der Waals surface area (Å²) in [6, 6.07) is 10.1. The number of nitrogens with zero attached hydrogens (tertiary/aromatic N) is 1. The van der Waals surface area contributed by atoms with Crippen LogP contribution in [0.4, 0.5) is 5.69 Å². The molecule has 0 atom stereocenters. The van der Waals surface area contributed by atoms with Gasteiger partial charge >= 0.3 is 0 Å². The summed E-state index contributed by atoms with van der Waals surface area (Å²) in [6.07, 6.45) is 0. The van der Waals surface area contributed by atoms with Gasteiger partial charge in [-0.15, -0.1) is 0 Å². The van der Waals surface area contributed by atoms with Gasteiger partial charge < -0.3 is 4.74 Å². The Balaban J connectivity index is 2.25. The molecule has 0 saturated carbocycles. The number of anilines is 1. The molecule has 1 aliphatic rings. The number of para-hydroxylation sites is 1. The van der Waals surface area contributed by atoms with E-state index in [1.165, 1.54) is 0 Å². The molecular weight excluding hydrogens is 152 g/mol. The van der Waals surface area contributed by atoms with Gasteiger partial charge in [0.2, 0.25) is 0 Å². The molecule has 1 aromatic carbocycles. The van der Waals surface area contributed by atoms with Crippen molar-refractivity contribution in [3.63, 3.8) is 0 Å². The van der Waals surface area contributed by atoms with Crippen LogP contribution in [0.3, 0.4) is 0 Å². The summed E-state index contributed by atoms with van der Waals surface area (Å²) >= 11 is 0. The van der Waals surface area contributed by atoms with Gasteiger partial charge in [0.25, 0.3) is 6.02 Å². The van der Waals surface area contributed by atoms with Crippen molar-refractivity contribution in [1.82, 2.24) is 0 Å². The monoisotopic (exact) mass is 162 g/mol. The van der Waals surface area contributed by atoms with E-state index in [9.17, 15) is 0 Å². The van der Waals surface area contributed by atoms with Crippen molar-refractivity contribution in [2.24, 2.45) is 0 Å². The molecule has 0 spiro atoms. The highest BCUT2D eigenvalue weighted by atomic mass is 16.5. The predicted molar refractivity (Wildman–Crippen MR) is 47.5 cm³/mol. The zero-order chi connectivity index (χ0) is 8.39. The first-order chi connectivity index (χ1) is 5.88. The van der Waals surface area contributed by atoms with Crippen molar-refractivity contribution in [3.8, 4) is 0 Å². The topological polar surface area (TPSA) is 36.3 Å². The van der Waals surface area contributed by atoms with E-state index < -0.39 is 0 Å². The smallest absolute Gasteiger partial charge is 0.289 e. The predicted octanol–water partition coefficient (Wildman–Crippen LogP) is 1.46. The Morgan fingerprint density at radius 3 is 2.58 bits per heavy atom. The second kappa shape index (κ2) is 2.85.